The van der Waals surface area contributed by atoms with Crippen LogP contribution in [0.25, 0.3) is 0 Å². The summed E-state index contributed by atoms with van der Waals surface area (Å²) in [5.41, 5.74) is 12.4. The van der Waals surface area contributed by atoms with Gasteiger partial charge in [-0.25, -0.2) is 10.5 Å². The molecule has 0 aliphatic heterocycles. The first-order chi connectivity index (χ1) is 4.34. The van der Waals surface area contributed by atoms with Crippen LogP contribution < -0.4 is 5.73 Å². The molecule has 9 heavy (non-hydrogen) atoms. The Kier molecular flexibility index (Phi) is 1.40. The minimum Gasteiger partial charge on any atom is -0.396 e. The fourth-order valence-corrected chi connectivity index (χ4v) is 0.503. The number of aromatic nitrogens is 1. The quantitative estimate of drug-likeness (QED) is 0.551. The Morgan fingerprint density at radius 3 is 2.89 bits per heavy atom. The molecule has 0 bridgehead atoms. The highest BCUT2D eigenvalue weighted by molar-refractivity contribution is 5.55. The van der Waals surface area contributed by atoms with Gasteiger partial charge in [-0.3, -0.25) is 0 Å². The third-order valence-corrected chi connectivity index (χ3v) is 0.923. The number of rotatable bonds is 1. The monoisotopic (exact) mass is 122 g/mol. The van der Waals surface area contributed by atoms with Gasteiger partial charge in [0, 0.05) is 6.20 Å². The van der Waals surface area contributed by atoms with Crippen LogP contribution in [0.15, 0.2) is 23.4 Å². The molecule has 0 saturated heterocycles. The number of nitrogens with two attached hydrogens (primary N) is 1. The summed E-state index contributed by atoms with van der Waals surface area (Å²) >= 11 is 0. The Bertz CT molecular complexity index is 220. The summed E-state index contributed by atoms with van der Waals surface area (Å²) in [5.74, 6) is 0.275. The van der Waals surface area contributed by atoms with Crippen LogP contribution in [0.5, 0.6) is 0 Å². The lowest BCUT2D eigenvalue weighted by molar-refractivity contribution is 1.09. The standard InChI is InChI=1S/C5H6N4/c6-4-2-1-3-8-5(4)9-7/h1-3,7H,6H2. The van der Waals surface area contributed by atoms with E-state index in [4.69, 9.17) is 11.3 Å². The highest BCUT2D eigenvalue weighted by Gasteiger charge is 1.92. The summed E-state index contributed by atoms with van der Waals surface area (Å²) in [6, 6.07) is 3.35. The zero-order chi connectivity index (χ0) is 6.69. The van der Waals surface area contributed by atoms with E-state index in [1.807, 2.05) is 0 Å². The average molecular weight is 122 g/mol. The first-order valence-electron chi connectivity index (χ1n) is 2.42. The molecule has 1 heterocycles. The minimum absolute atomic E-state index is 0.275. The van der Waals surface area contributed by atoms with Gasteiger partial charge in [-0.05, 0) is 12.1 Å². The highest BCUT2D eigenvalue weighted by Crippen LogP contribution is 2.15. The first kappa shape index (κ1) is 5.68. The minimum atomic E-state index is 0.275. The van der Waals surface area contributed by atoms with E-state index in [1.54, 1.807) is 18.3 Å². The Morgan fingerprint density at radius 2 is 2.44 bits per heavy atom. The summed E-state index contributed by atoms with van der Waals surface area (Å²) in [6.45, 7) is 0. The molecule has 0 spiro atoms. The van der Waals surface area contributed by atoms with Gasteiger partial charge in [0.25, 0.3) is 0 Å². The third kappa shape index (κ3) is 1.02. The lowest BCUT2D eigenvalue weighted by Crippen LogP contribution is -1.85. The smallest absolute Gasteiger partial charge is 0.196 e. The van der Waals surface area contributed by atoms with Crippen LogP contribution in [0.3, 0.4) is 0 Å². The van der Waals surface area contributed by atoms with Crippen molar-refractivity contribution in [2.45, 2.75) is 0 Å². The Balaban J connectivity index is 3.15. The van der Waals surface area contributed by atoms with Gasteiger partial charge in [0.15, 0.2) is 5.82 Å². The van der Waals surface area contributed by atoms with Crippen LogP contribution in [-0.4, -0.2) is 4.98 Å². The predicted molar refractivity (Wildman–Crippen MR) is 33.5 cm³/mol. The van der Waals surface area contributed by atoms with Crippen molar-refractivity contribution < 1.29 is 0 Å². The van der Waals surface area contributed by atoms with Gasteiger partial charge in [0.2, 0.25) is 0 Å². The van der Waals surface area contributed by atoms with Gasteiger partial charge in [0.05, 0.1) is 5.69 Å². The Morgan fingerprint density at radius 1 is 1.67 bits per heavy atom. The fraction of sp³-hybridized carbons (Fsp3) is 0. The van der Waals surface area contributed by atoms with Crippen LogP contribution in [0.2, 0.25) is 0 Å². The summed E-state index contributed by atoms with van der Waals surface area (Å²) in [7, 11) is 0. The van der Waals surface area contributed by atoms with E-state index in [9.17, 15) is 0 Å². The summed E-state index contributed by atoms with van der Waals surface area (Å²) in [5, 5.41) is 3.08. The van der Waals surface area contributed by atoms with Crippen LogP contribution in [0, 0.1) is 5.53 Å². The number of nitrogen functional groups attached to an aromatic ring is 1. The molecule has 3 N–H and O–H groups in total. The van der Waals surface area contributed by atoms with Crippen LogP contribution in [0.4, 0.5) is 11.5 Å². The average Bonchev–Trinajstić information content (AvgIpc) is 1.89. The van der Waals surface area contributed by atoms with Crippen molar-refractivity contribution in [2.75, 3.05) is 5.73 Å². The zero-order valence-electron chi connectivity index (χ0n) is 4.70. The molecule has 1 rings (SSSR count). The van der Waals surface area contributed by atoms with Crippen LogP contribution >= 0.6 is 0 Å². The van der Waals surface area contributed by atoms with Gasteiger partial charge < -0.3 is 5.73 Å². The Hall–Kier alpha value is -1.45. The molecular formula is C5H6N4. The molecule has 0 atom stereocenters. The molecule has 0 aliphatic rings. The molecule has 0 unspecified atom stereocenters. The van der Waals surface area contributed by atoms with Gasteiger partial charge >= 0.3 is 0 Å². The third-order valence-electron chi connectivity index (χ3n) is 0.923. The topological polar surface area (TPSA) is 75.1 Å². The number of hydrogen-bond donors (Lipinski definition) is 2. The van der Waals surface area contributed by atoms with Crippen LogP contribution in [-0.2, 0) is 0 Å². The zero-order valence-corrected chi connectivity index (χ0v) is 4.70. The normalized spacial score (nSPS) is 8.89. The maximum Gasteiger partial charge on any atom is 0.196 e. The molecule has 0 aliphatic carbocycles. The van der Waals surface area contributed by atoms with Gasteiger partial charge in [-0.2, -0.15) is 0 Å². The number of anilines is 1. The lowest BCUT2D eigenvalue weighted by atomic mass is 10.4. The maximum absolute atomic E-state index is 6.57. The molecule has 1 aromatic rings. The molecule has 0 fully saturated rings. The fourth-order valence-electron chi connectivity index (χ4n) is 0.503. The second-order valence-corrected chi connectivity index (χ2v) is 1.53. The molecule has 0 saturated carbocycles. The first-order valence-corrected chi connectivity index (χ1v) is 2.42. The number of nitrogens with zero attached hydrogens (tertiary/aromatic N) is 2. The Labute approximate surface area is 52.2 Å². The highest BCUT2D eigenvalue weighted by atomic mass is 15.0. The molecule has 0 aromatic carbocycles. The molecule has 4 nitrogen and oxygen atoms in total. The second kappa shape index (κ2) is 2.21. The van der Waals surface area contributed by atoms with E-state index < -0.39 is 0 Å². The van der Waals surface area contributed by atoms with E-state index in [0.29, 0.717) is 5.69 Å². The summed E-state index contributed by atoms with van der Waals surface area (Å²) in [4.78, 5) is 3.72. The second-order valence-electron chi connectivity index (χ2n) is 1.53. The molecule has 46 valence electrons. The van der Waals surface area contributed by atoms with E-state index >= 15 is 0 Å². The maximum atomic E-state index is 6.57. The van der Waals surface area contributed by atoms with Gasteiger partial charge in [-0.1, -0.05) is 0 Å². The number of hydrogen-bond acceptors (Lipinski definition) is 4. The lowest BCUT2D eigenvalue weighted by Gasteiger charge is -1.91. The van der Waals surface area contributed by atoms with Crippen molar-refractivity contribution in [1.82, 2.24) is 4.98 Å². The SMILES string of the molecule is N=Nc1ncccc1N. The number of nitrogens with one attached hydrogen (secondary N) is 1. The van der Waals surface area contributed by atoms with E-state index in [1.165, 1.54) is 0 Å². The van der Waals surface area contributed by atoms with Crippen molar-refractivity contribution in [3.8, 4) is 0 Å². The van der Waals surface area contributed by atoms with E-state index in [0.717, 1.165) is 0 Å². The molecular weight excluding hydrogens is 116 g/mol. The van der Waals surface area contributed by atoms with Crippen molar-refractivity contribution in [1.29, 1.82) is 5.53 Å². The summed E-state index contributed by atoms with van der Waals surface area (Å²) in [6.07, 6.45) is 1.55. The largest absolute Gasteiger partial charge is 0.396 e. The van der Waals surface area contributed by atoms with Crippen molar-refractivity contribution in [3.05, 3.63) is 18.3 Å². The van der Waals surface area contributed by atoms with Crippen molar-refractivity contribution in [2.24, 2.45) is 5.11 Å². The molecule has 4 heteroatoms. The van der Waals surface area contributed by atoms with Crippen molar-refractivity contribution in [3.63, 3.8) is 0 Å². The van der Waals surface area contributed by atoms with E-state index in [2.05, 4.69) is 10.1 Å². The molecule has 0 radical (unpaired) electrons. The van der Waals surface area contributed by atoms with Crippen LogP contribution in [0.1, 0.15) is 0 Å². The van der Waals surface area contributed by atoms with Gasteiger partial charge in [0.1, 0.15) is 0 Å². The van der Waals surface area contributed by atoms with Crippen molar-refractivity contribution >= 4 is 11.5 Å². The van der Waals surface area contributed by atoms with E-state index in [-0.39, 0.29) is 5.82 Å². The van der Waals surface area contributed by atoms with Gasteiger partial charge in [-0.15, -0.1) is 5.11 Å². The number of pyridine rings is 1. The molecule has 1 aromatic heterocycles. The predicted octanol–water partition coefficient (Wildman–Crippen LogP) is 1.33. The summed E-state index contributed by atoms with van der Waals surface area (Å²) < 4.78 is 0. The molecule has 0 amide bonds.